The van der Waals surface area contributed by atoms with E-state index in [-0.39, 0.29) is 30.2 Å². The van der Waals surface area contributed by atoms with Crippen LogP contribution in [0.15, 0.2) is 18.2 Å². The number of hydrogen-bond acceptors (Lipinski definition) is 3. The van der Waals surface area contributed by atoms with Crippen LogP contribution in [0.25, 0.3) is 0 Å². The van der Waals surface area contributed by atoms with E-state index in [0.29, 0.717) is 37.6 Å². The fourth-order valence-electron chi connectivity index (χ4n) is 2.11. The number of carbonyl (C=O) groups is 1. The lowest BCUT2D eigenvalue weighted by atomic mass is 10.1. The molecule has 118 valence electrons. The van der Waals surface area contributed by atoms with Gasteiger partial charge < -0.3 is 15.4 Å². The Hall–Kier alpha value is -0.880. The Bertz CT molecular complexity index is 468. The first-order valence-corrected chi connectivity index (χ1v) is 7.04. The molecular weight excluding hydrogens is 318 g/mol. The van der Waals surface area contributed by atoms with Crippen LogP contribution in [0.5, 0.6) is 0 Å². The molecule has 2 N–H and O–H groups in total. The molecule has 1 fully saturated rings. The Morgan fingerprint density at radius 2 is 2.33 bits per heavy atom. The largest absolute Gasteiger partial charge is 0.378 e. The highest BCUT2D eigenvalue weighted by molar-refractivity contribution is 6.31. The Morgan fingerprint density at radius 3 is 3.00 bits per heavy atom. The van der Waals surface area contributed by atoms with E-state index in [9.17, 15) is 9.18 Å². The maximum Gasteiger partial charge on any atom is 0.221 e. The standard InChI is InChI=1S/C14H18ClFN2O2.ClH/c15-13-7-11(16)2-1-10(13)3-4-18-14(19)8-12-9-20-6-5-17-12;/h1-2,7,12,17H,3-6,8-9H2,(H,18,19);1H. The Balaban J connectivity index is 0.00000220. The van der Waals surface area contributed by atoms with E-state index in [4.69, 9.17) is 16.3 Å². The maximum absolute atomic E-state index is 12.9. The second-order valence-electron chi connectivity index (χ2n) is 4.77. The monoisotopic (exact) mass is 336 g/mol. The van der Waals surface area contributed by atoms with Crippen LogP contribution in [-0.2, 0) is 16.0 Å². The van der Waals surface area contributed by atoms with Gasteiger partial charge in [0, 0.05) is 30.6 Å². The van der Waals surface area contributed by atoms with Crippen LogP contribution in [0.1, 0.15) is 12.0 Å². The number of rotatable bonds is 5. The van der Waals surface area contributed by atoms with E-state index in [2.05, 4.69) is 10.6 Å². The van der Waals surface area contributed by atoms with Crippen LogP contribution >= 0.6 is 24.0 Å². The van der Waals surface area contributed by atoms with Crippen molar-refractivity contribution in [3.8, 4) is 0 Å². The van der Waals surface area contributed by atoms with Crippen LogP contribution in [0.3, 0.4) is 0 Å². The molecule has 0 aliphatic carbocycles. The van der Waals surface area contributed by atoms with Crippen molar-refractivity contribution < 1.29 is 13.9 Å². The minimum absolute atomic E-state index is 0. The number of morpholine rings is 1. The number of benzene rings is 1. The van der Waals surface area contributed by atoms with Gasteiger partial charge in [0.15, 0.2) is 0 Å². The van der Waals surface area contributed by atoms with Crippen molar-refractivity contribution >= 4 is 29.9 Å². The first-order chi connectivity index (χ1) is 9.65. The summed E-state index contributed by atoms with van der Waals surface area (Å²) in [5.41, 5.74) is 0.826. The van der Waals surface area contributed by atoms with Crippen molar-refractivity contribution in [2.75, 3.05) is 26.3 Å². The van der Waals surface area contributed by atoms with Crippen LogP contribution in [0.4, 0.5) is 4.39 Å². The molecule has 1 aliphatic heterocycles. The van der Waals surface area contributed by atoms with Gasteiger partial charge in [-0.05, 0) is 24.1 Å². The second kappa shape index (κ2) is 9.20. The SMILES string of the molecule is Cl.O=C(CC1COCCN1)NCCc1ccc(F)cc1Cl. The van der Waals surface area contributed by atoms with Crippen molar-refractivity contribution in [1.29, 1.82) is 0 Å². The molecule has 1 aromatic carbocycles. The summed E-state index contributed by atoms with van der Waals surface area (Å²) < 4.78 is 18.2. The molecule has 21 heavy (non-hydrogen) atoms. The highest BCUT2D eigenvalue weighted by Gasteiger charge is 2.16. The van der Waals surface area contributed by atoms with Crippen LogP contribution < -0.4 is 10.6 Å². The molecular formula is C14H19Cl2FN2O2. The van der Waals surface area contributed by atoms with E-state index in [1.165, 1.54) is 12.1 Å². The van der Waals surface area contributed by atoms with Crippen molar-refractivity contribution in [3.05, 3.63) is 34.6 Å². The molecule has 0 radical (unpaired) electrons. The third-order valence-corrected chi connectivity index (χ3v) is 3.51. The molecule has 1 saturated heterocycles. The highest BCUT2D eigenvalue weighted by Crippen LogP contribution is 2.17. The predicted molar refractivity (Wildman–Crippen MR) is 82.6 cm³/mol. The first kappa shape index (κ1) is 18.2. The van der Waals surface area contributed by atoms with Gasteiger partial charge in [-0.15, -0.1) is 12.4 Å². The van der Waals surface area contributed by atoms with Crippen LogP contribution in [-0.4, -0.2) is 38.3 Å². The zero-order valence-electron chi connectivity index (χ0n) is 11.5. The molecule has 0 bridgehead atoms. The third-order valence-electron chi connectivity index (χ3n) is 3.16. The van der Waals surface area contributed by atoms with Crippen molar-refractivity contribution in [1.82, 2.24) is 10.6 Å². The van der Waals surface area contributed by atoms with Gasteiger partial charge in [0.05, 0.1) is 13.2 Å². The average molecular weight is 337 g/mol. The zero-order chi connectivity index (χ0) is 14.4. The minimum atomic E-state index is -0.355. The summed E-state index contributed by atoms with van der Waals surface area (Å²) in [4.78, 5) is 11.7. The molecule has 1 unspecified atom stereocenters. The quantitative estimate of drug-likeness (QED) is 0.863. The van der Waals surface area contributed by atoms with E-state index < -0.39 is 0 Å². The molecule has 7 heteroatoms. The summed E-state index contributed by atoms with van der Waals surface area (Å²) in [5, 5.41) is 6.45. The summed E-state index contributed by atoms with van der Waals surface area (Å²) in [6.45, 7) is 2.53. The molecule has 2 rings (SSSR count). The average Bonchev–Trinajstić information content (AvgIpc) is 2.42. The van der Waals surface area contributed by atoms with Crippen LogP contribution in [0.2, 0.25) is 5.02 Å². The minimum Gasteiger partial charge on any atom is -0.378 e. The molecule has 0 saturated carbocycles. The number of ether oxygens (including phenoxy) is 1. The summed E-state index contributed by atoms with van der Waals surface area (Å²) in [5.74, 6) is -0.377. The van der Waals surface area contributed by atoms with E-state index in [1.54, 1.807) is 6.07 Å². The van der Waals surface area contributed by atoms with Gasteiger partial charge in [-0.1, -0.05) is 17.7 Å². The molecule has 1 amide bonds. The number of nitrogens with one attached hydrogen (secondary N) is 2. The Kier molecular flexibility index (Phi) is 7.96. The van der Waals surface area contributed by atoms with Gasteiger partial charge in [-0.25, -0.2) is 4.39 Å². The molecule has 4 nitrogen and oxygen atoms in total. The summed E-state index contributed by atoms with van der Waals surface area (Å²) >= 11 is 5.92. The number of carbonyl (C=O) groups excluding carboxylic acids is 1. The Labute approximate surface area is 134 Å². The van der Waals surface area contributed by atoms with Gasteiger partial charge in [0.1, 0.15) is 5.82 Å². The topological polar surface area (TPSA) is 50.4 Å². The van der Waals surface area contributed by atoms with Gasteiger partial charge >= 0.3 is 0 Å². The second-order valence-corrected chi connectivity index (χ2v) is 5.17. The summed E-state index contributed by atoms with van der Waals surface area (Å²) in [7, 11) is 0. The molecule has 0 aromatic heterocycles. The molecule has 1 aromatic rings. The van der Waals surface area contributed by atoms with Crippen LogP contribution in [0, 0.1) is 5.82 Å². The van der Waals surface area contributed by atoms with E-state index in [1.807, 2.05) is 0 Å². The summed E-state index contributed by atoms with van der Waals surface area (Å²) in [6.07, 6.45) is 0.983. The number of hydrogen-bond donors (Lipinski definition) is 2. The van der Waals surface area contributed by atoms with Gasteiger partial charge in [0.2, 0.25) is 5.91 Å². The Morgan fingerprint density at radius 1 is 1.52 bits per heavy atom. The number of halogens is 3. The lowest BCUT2D eigenvalue weighted by Crippen LogP contribution is -2.44. The molecule has 1 aliphatic rings. The highest BCUT2D eigenvalue weighted by atomic mass is 35.5. The van der Waals surface area contributed by atoms with Crippen molar-refractivity contribution in [2.45, 2.75) is 18.9 Å². The van der Waals surface area contributed by atoms with Gasteiger partial charge in [-0.3, -0.25) is 4.79 Å². The lowest BCUT2D eigenvalue weighted by Gasteiger charge is -2.23. The predicted octanol–water partition coefficient (Wildman–Crippen LogP) is 1.94. The van der Waals surface area contributed by atoms with Gasteiger partial charge in [-0.2, -0.15) is 0 Å². The lowest BCUT2D eigenvalue weighted by molar-refractivity contribution is -0.122. The maximum atomic E-state index is 12.9. The normalized spacial score (nSPS) is 17.9. The molecule has 0 spiro atoms. The fraction of sp³-hybridized carbons (Fsp3) is 0.500. The summed E-state index contributed by atoms with van der Waals surface area (Å²) in [6, 6.07) is 4.37. The zero-order valence-corrected chi connectivity index (χ0v) is 13.1. The third kappa shape index (κ3) is 6.18. The van der Waals surface area contributed by atoms with E-state index in [0.717, 1.165) is 12.1 Å². The molecule has 1 heterocycles. The van der Waals surface area contributed by atoms with E-state index >= 15 is 0 Å². The molecule has 1 atom stereocenters. The van der Waals surface area contributed by atoms with Gasteiger partial charge in [0.25, 0.3) is 0 Å². The number of amides is 1. The first-order valence-electron chi connectivity index (χ1n) is 6.67. The van der Waals surface area contributed by atoms with Crippen molar-refractivity contribution in [2.24, 2.45) is 0 Å². The smallest absolute Gasteiger partial charge is 0.221 e. The fourth-order valence-corrected chi connectivity index (χ4v) is 2.37. The van der Waals surface area contributed by atoms with Crippen molar-refractivity contribution in [3.63, 3.8) is 0 Å².